The van der Waals surface area contributed by atoms with E-state index >= 15 is 0 Å². The van der Waals surface area contributed by atoms with Gasteiger partial charge in [0.05, 0.1) is 0 Å². The van der Waals surface area contributed by atoms with Crippen LogP contribution in [0, 0.1) is 24.7 Å². The Hall–Kier alpha value is -1.12. The first-order valence-corrected chi connectivity index (χ1v) is 5.30. The molecule has 6 atom stereocenters. The molecular formula is C12H16O6. The fraction of sp³-hybridized carbons (Fsp3) is 0.667. The molecule has 6 heteroatoms. The molecule has 1 fully saturated rings. The number of hydrogen-bond acceptors (Lipinski definition) is 6. The Balaban J connectivity index is 3.33. The molecule has 1 saturated carbocycles. The highest BCUT2D eigenvalue weighted by Gasteiger charge is 2.65. The third-order valence-electron chi connectivity index (χ3n) is 3.47. The van der Waals surface area contributed by atoms with Crippen LogP contribution in [0.3, 0.4) is 0 Å². The monoisotopic (exact) mass is 256 g/mol. The van der Waals surface area contributed by atoms with Gasteiger partial charge in [-0.05, 0) is 0 Å². The van der Waals surface area contributed by atoms with Gasteiger partial charge in [0.25, 0.3) is 0 Å². The van der Waals surface area contributed by atoms with E-state index in [0.717, 1.165) is 0 Å². The Kier molecular flexibility index (Phi) is 4.04. The predicted molar refractivity (Wildman–Crippen MR) is 60.8 cm³/mol. The van der Waals surface area contributed by atoms with Crippen molar-refractivity contribution in [3.05, 3.63) is 0 Å². The van der Waals surface area contributed by atoms with Gasteiger partial charge in [0, 0.05) is 12.8 Å². The van der Waals surface area contributed by atoms with Crippen LogP contribution < -0.4 is 0 Å². The van der Waals surface area contributed by atoms with Crippen molar-refractivity contribution in [1.82, 2.24) is 0 Å². The maximum Gasteiger partial charge on any atom is 0.136 e. The first-order valence-electron chi connectivity index (χ1n) is 5.30. The Morgan fingerprint density at radius 3 is 1.28 bits per heavy atom. The molecule has 0 heterocycles. The van der Waals surface area contributed by atoms with Gasteiger partial charge in [0.1, 0.15) is 35.6 Å². The van der Waals surface area contributed by atoms with Gasteiger partial charge in [-0.15, -0.1) is 24.7 Å². The van der Waals surface area contributed by atoms with E-state index in [4.69, 9.17) is 12.8 Å². The Morgan fingerprint density at radius 1 is 0.778 bits per heavy atom. The van der Waals surface area contributed by atoms with Crippen LogP contribution in [0.2, 0.25) is 0 Å². The van der Waals surface area contributed by atoms with Crippen LogP contribution in [0.4, 0.5) is 0 Å². The summed E-state index contributed by atoms with van der Waals surface area (Å²) in [6.07, 6.45) is 1.40. The summed E-state index contributed by atoms with van der Waals surface area (Å²) in [5.41, 5.74) is -4.82. The van der Waals surface area contributed by atoms with Crippen molar-refractivity contribution in [3.8, 4) is 24.7 Å². The summed E-state index contributed by atoms with van der Waals surface area (Å²) in [5, 5.41) is 59.2. The zero-order valence-electron chi connectivity index (χ0n) is 9.56. The number of terminal acetylenes is 2. The third kappa shape index (κ3) is 1.80. The summed E-state index contributed by atoms with van der Waals surface area (Å²) in [4.78, 5) is 0. The summed E-state index contributed by atoms with van der Waals surface area (Å²) >= 11 is 0. The average molecular weight is 256 g/mol. The summed E-state index contributed by atoms with van der Waals surface area (Å²) in [5.74, 6) is 4.07. The molecule has 0 aliphatic heterocycles. The highest BCUT2D eigenvalue weighted by molar-refractivity contribution is 5.22. The highest BCUT2D eigenvalue weighted by atomic mass is 16.4. The minimum atomic E-state index is -2.41. The van der Waals surface area contributed by atoms with Crippen molar-refractivity contribution in [2.75, 3.05) is 0 Å². The number of aliphatic hydroxyl groups is 6. The number of rotatable bonds is 2. The van der Waals surface area contributed by atoms with Crippen molar-refractivity contribution in [2.45, 2.75) is 48.5 Å². The molecule has 1 aliphatic rings. The lowest BCUT2D eigenvalue weighted by Gasteiger charge is -2.54. The van der Waals surface area contributed by atoms with E-state index in [-0.39, 0.29) is 0 Å². The van der Waals surface area contributed by atoms with Crippen molar-refractivity contribution in [2.24, 2.45) is 0 Å². The van der Waals surface area contributed by atoms with E-state index in [9.17, 15) is 30.6 Å². The zero-order chi connectivity index (χ0) is 14.1. The van der Waals surface area contributed by atoms with Crippen molar-refractivity contribution < 1.29 is 30.6 Å². The standard InChI is InChI=1S/C12H16O6/c1-3-5-11(17)9(15)7(13)8(14)10(16)12(11,18)6-4-2/h1-2,7-10,13-18H,5-6H2/t7-,8-,9-,10+,11+,12-/m1/s1. The first-order chi connectivity index (χ1) is 8.26. The fourth-order valence-electron chi connectivity index (χ4n) is 2.28. The second-order valence-electron chi connectivity index (χ2n) is 4.48. The molecule has 0 aromatic heterocycles. The highest BCUT2D eigenvalue weighted by Crippen LogP contribution is 2.42. The van der Waals surface area contributed by atoms with Crippen LogP contribution in [0.5, 0.6) is 0 Å². The quantitative estimate of drug-likeness (QED) is 0.292. The molecule has 1 rings (SSSR count). The van der Waals surface area contributed by atoms with Gasteiger partial charge in [-0.25, -0.2) is 0 Å². The Bertz CT molecular complexity index is 358. The molecule has 0 aromatic rings. The molecule has 6 nitrogen and oxygen atoms in total. The molecule has 18 heavy (non-hydrogen) atoms. The minimum Gasteiger partial charge on any atom is -0.387 e. The van der Waals surface area contributed by atoms with Crippen molar-refractivity contribution in [3.63, 3.8) is 0 Å². The topological polar surface area (TPSA) is 121 Å². The van der Waals surface area contributed by atoms with E-state index < -0.39 is 48.5 Å². The average Bonchev–Trinajstić information content (AvgIpc) is 2.34. The van der Waals surface area contributed by atoms with Crippen LogP contribution in [0.1, 0.15) is 12.8 Å². The summed E-state index contributed by atoms with van der Waals surface area (Å²) in [6, 6.07) is 0. The molecule has 0 saturated heterocycles. The van der Waals surface area contributed by atoms with Crippen molar-refractivity contribution in [1.29, 1.82) is 0 Å². The van der Waals surface area contributed by atoms with Gasteiger partial charge < -0.3 is 30.6 Å². The van der Waals surface area contributed by atoms with Gasteiger partial charge in [-0.1, -0.05) is 0 Å². The van der Waals surface area contributed by atoms with Gasteiger partial charge in [-0.3, -0.25) is 0 Å². The zero-order valence-corrected chi connectivity index (χ0v) is 9.56. The lowest BCUT2D eigenvalue weighted by Crippen LogP contribution is -2.77. The van der Waals surface area contributed by atoms with Crippen LogP contribution in [0.25, 0.3) is 0 Å². The van der Waals surface area contributed by atoms with E-state index in [2.05, 4.69) is 0 Å². The summed E-state index contributed by atoms with van der Waals surface area (Å²) < 4.78 is 0. The largest absolute Gasteiger partial charge is 0.387 e. The fourth-order valence-corrected chi connectivity index (χ4v) is 2.28. The third-order valence-corrected chi connectivity index (χ3v) is 3.47. The van der Waals surface area contributed by atoms with E-state index in [1.54, 1.807) is 0 Å². The van der Waals surface area contributed by atoms with Gasteiger partial charge in [0.15, 0.2) is 0 Å². The van der Waals surface area contributed by atoms with Gasteiger partial charge in [-0.2, -0.15) is 0 Å². The second-order valence-corrected chi connectivity index (χ2v) is 4.48. The molecule has 1 aliphatic carbocycles. The molecule has 6 N–H and O–H groups in total. The molecular weight excluding hydrogens is 240 g/mol. The lowest BCUT2D eigenvalue weighted by molar-refractivity contribution is -0.309. The molecule has 0 aromatic carbocycles. The van der Waals surface area contributed by atoms with E-state index in [1.165, 1.54) is 0 Å². The molecule has 0 unspecified atom stereocenters. The van der Waals surface area contributed by atoms with Crippen LogP contribution in [-0.2, 0) is 0 Å². The Labute approximate surface area is 105 Å². The Morgan fingerprint density at radius 2 is 1.06 bits per heavy atom. The maximum atomic E-state index is 10.3. The second kappa shape index (κ2) is 4.87. The van der Waals surface area contributed by atoms with Crippen LogP contribution in [-0.4, -0.2) is 66.3 Å². The van der Waals surface area contributed by atoms with E-state index in [1.807, 2.05) is 11.8 Å². The van der Waals surface area contributed by atoms with Gasteiger partial charge in [0.2, 0.25) is 0 Å². The SMILES string of the molecule is C#CC[C@@]1(O)[C@@H](O)[C@H](O)[C@@H](O)[C@@H](O)[C@@]1(O)CC#C. The van der Waals surface area contributed by atoms with E-state index in [0.29, 0.717) is 0 Å². The first kappa shape index (κ1) is 14.9. The molecule has 0 radical (unpaired) electrons. The number of aliphatic hydroxyl groups excluding tert-OH is 4. The minimum absolute atomic E-state index is 0.548. The lowest BCUT2D eigenvalue weighted by atomic mass is 9.63. The van der Waals surface area contributed by atoms with Crippen molar-refractivity contribution >= 4 is 0 Å². The normalized spacial score (nSPS) is 48.2. The van der Waals surface area contributed by atoms with Gasteiger partial charge >= 0.3 is 0 Å². The van der Waals surface area contributed by atoms with Crippen LogP contribution in [0.15, 0.2) is 0 Å². The molecule has 100 valence electrons. The molecule has 0 amide bonds. The smallest absolute Gasteiger partial charge is 0.136 e. The molecule has 0 spiro atoms. The summed E-state index contributed by atoms with van der Waals surface area (Å²) in [7, 11) is 0. The number of hydrogen-bond donors (Lipinski definition) is 6. The molecule has 0 bridgehead atoms. The van der Waals surface area contributed by atoms with Crippen LogP contribution >= 0.6 is 0 Å². The maximum absolute atomic E-state index is 10.3. The summed E-state index contributed by atoms with van der Waals surface area (Å²) in [6.45, 7) is 0. The predicted octanol–water partition coefficient (Wildman–Crippen LogP) is -3.05.